The molecule has 0 bridgehead atoms. The van der Waals surface area contributed by atoms with E-state index in [0.29, 0.717) is 11.7 Å². The average molecular weight is 301 g/mol. The van der Waals surface area contributed by atoms with Crippen LogP contribution < -0.4 is 0 Å². The normalized spacial score (nSPS) is 18.4. The van der Waals surface area contributed by atoms with Crippen LogP contribution in [0.4, 0.5) is 0 Å². The number of thioether (sulfide) groups is 1. The Labute approximate surface area is 129 Å². The van der Waals surface area contributed by atoms with Gasteiger partial charge in [-0.3, -0.25) is 4.79 Å². The molecule has 0 spiro atoms. The molecule has 1 aromatic carbocycles. The Morgan fingerprint density at radius 3 is 2.67 bits per heavy atom. The van der Waals surface area contributed by atoms with E-state index in [0.717, 1.165) is 12.3 Å². The monoisotopic (exact) mass is 301 g/mol. The SMILES string of the molecule is CC(C)c1ccc([C@H]2SCCN2C(=O)c2ccco2)cc1. The summed E-state index contributed by atoms with van der Waals surface area (Å²) >= 11 is 1.81. The zero-order valence-corrected chi connectivity index (χ0v) is 13.1. The summed E-state index contributed by atoms with van der Waals surface area (Å²) in [6.07, 6.45) is 1.54. The van der Waals surface area contributed by atoms with E-state index in [1.165, 1.54) is 11.1 Å². The van der Waals surface area contributed by atoms with Crippen LogP contribution in [0.25, 0.3) is 0 Å². The third kappa shape index (κ3) is 2.86. The quantitative estimate of drug-likeness (QED) is 0.848. The van der Waals surface area contributed by atoms with Crippen LogP contribution in [-0.2, 0) is 0 Å². The van der Waals surface area contributed by atoms with Crippen molar-refractivity contribution in [1.29, 1.82) is 0 Å². The van der Waals surface area contributed by atoms with Crippen LogP contribution in [0.3, 0.4) is 0 Å². The van der Waals surface area contributed by atoms with Gasteiger partial charge in [-0.2, -0.15) is 0 Å². The van der Waals surface area contributed by atoms with Crippen molar-refractivity contribution < 1.29 is 9.21 Å². The van der Waals surface area contributed by atoms with E-state index in [9.17, 15) is 4.79 Å². The number of carbonyl (C=O) groups excluding carboxylic acids is 1. The van der Waals surface area contributed by atoms with Gasteiger partial charge in [0.15, 0.2) is 5.76 Å². The van der Waals surface area contributed by atoms with Crippen LogP contribution in [0.2, 0.25) is 0 Å². The molecule has 0 radical (unpaired) electrons. The second-order valence-corrected chi connectivity index (χ2v) is 6.71. The summed E-state index contributed by atoms with van der Waals surface area (Å²) < 4.78 is 5.24. The van der Waals surface area contributed by atoms with Crippen molar-refractivity contribution in [2.24, 2.45) is 0 Å². The van der Waals surface area contributed by atoms with E-state index in [2.05, 4.69) is 38.1 Å². The minimum absolute atomic E-state index is 0.0251. The molecule has 0 unspecified atom stereocenters. The van der Waals surface area contributed by atoms with E-state index in [-0.39, 0.29) is 11.3 Å². The highest BCUT2D eigenvalue weighted by Gasteiger charge is 2.32. The van der Waals surface area contributed by atoms with Crippen LogP contribution in [0.1, 0.15) is 46.8 Å². The van der Waals surface area contributed by atoms with Gasteiger partial charge >= 0.3 is 0 Å². The van der Waals surface area contributed by atoms with E-state index < -0.39 is 0 Å². The van der Waals surface area contributed by atoms with Gasteiger partial charge in [0.05, 0.1) is 6.26 Å². The lowest BCUT2D eigenvalue weighted by molar-refractivity contribution is 0.0728. The van der Waals surface area contributed by atoms with Crippen LogP contribution in [-0.4, -0.2) is 23.1 Å². The van der Waals surface area contributed by atoms with Gasteiger partial charge in [0, 0.05) is 12.3 Å². The molecule has 1 aromatic heterocycles. The van der Waals surface area contributed by atoms with Crippen molar-refractivity contribution in [1.82, 2.24) is 4.90 Å². The summed E-state index contributed by atoms with van der Waals surface area (Å²) in [4.78, 5) is 14.4. The molecule has 3 rings (SSSR count). The first-order chi connectivity index (χ1) is 10.2. The standard InChI is InChI=1S/C17H19NO2S/c1-12(2)13-5-7-14(8-6-13)17-18(9-11-21-17)16(19)15-4-3-10-20-15/h3-8,10,12,17H,9,11H2,1-2H3/t17-/m1/s1. The molecule has 0 aliphatic carbocycles. The number of amides is 1. The van der Waals surface area contributed by atoms with Gasteiger partial charge in [-0.25, -0.2) is 0 Å². The Bertz CT molecular complexity index is 604. The highest BCUT2D eigenvalue weighted by molar-refractivity contribution is 7.99. The number of nitrogens with zero attached hydrogens (tertiary/aromatic N) is 1. The van der Waals surface area contributed by atoms with Crippen molar-refractivity contribution in [3.63, 3.8) is 0 Å². The molecule has 2 heterocycles. The summed E-state index contributed by atoms with van der Waals surface area (Å²) in [5.41, 5.74) is 2.51. The summed E-state index contributed by atoms with van der Waals surface area (Å²) in [6.45, 7) is 5.14. The molecule has 4 heteroatoms. The predicted octanol–water partition coefficient (Wildman–Crippen LogP) is 4.29. The first-order valence-electron chi connectivity index (χ1n) is 7.23. The second-order valence-electron chi connectivity index (χ2n) is 5.52. The van der Waals surface area contributed by atoms with Gasteiger partial charge < -0.3 is 9.32 Å². The fourth-order valence-corrected chi connectivity index (χ4v) is 3.80. The van der Waals surface area contributed by atoms with Crippen molar-refractivity contribution in [3.05, 3.63) is 59.5 Å². The number of furan rings is 1. The van der Waals surface area contributed by atoms with Crippen molar-refractivity contribution >= 4 is 17.7 Å². The predicted molar refractivity (Wildman–Crippen MR) is 85.5 cm³/mol. The highest BCUT2D eigenvalue weighted by Crippen LogP contribution is 2.39. The first-order valence-corrected chi connectivity index (χ1v) is 8.27. The van der Waals surface area contributed by atoms with Gasteiger partial charge in [0.1, 0.15) is 5.37 Å². The molecule has 2 aromatic rings. The third-order valence-electron chi connectivity index (χ3n) is 3.77. The van der Waals surface area contributed by atoms with Crippen LogP contribution in [0.5, 0.6) is 0 Å². The molecule has 1 saturated heterocycles. The number of benzene rings is 1. The Hall–Kier alpha value is -1.68. The first kappa shape index (κ1) is 14.3. The minimum atomic E-state index is -0.0251. The van der Waals surface area contributed by atoms with E-state index in [1.807, 2.05) is 4.90 Å². The zero-order chi connectivity index (χ0) is 14.8. The van der Waals surface area contributed by atoms with Gasteiger partial charge in [0.25, 0.3) is 5.91 Å². The van der Waals surface area contributed by atoms with Crippen molar-refractivity contribution in [2.45, 2.75) is 25.1 Å². The van der Waals surface area contributed by atoms with Gasteiger partial charge in [0.2, 0.25) is 0 Å². The smallest absolute Gasteiger partial charge is 0.290 e. The summed E-state index contributed by atoms with van der Waals surface area (Å²) in [5.74, 6) is 1.88. The molecule has 21 heavy (non-hydrogen) atoms. The lowest BCUT2D eigenvalue weighted by atomic mass is 10.0. The van der Waals surface area contributed by atoms with E-state index >= 15 is 0 Å². The summed E-state index contributed by atoms with van der Waals surface area (Å²) in [7, 11) is 0. The van der Waals surface area contributed by atoms with Gasteiger partial charge in [-0.1, -0.05) is 38.1 Å². The molecule has 1 fully saturated rings. The highest BCUT2D eigenvalue weighted by atomic mass is 32.2. The van der Waals surface area contributed by atoms with E-state index in [1.54, 1.807) is 30.2 Å². The fraction of sp³-hybridized carbons (Fsp3) is 0.353. The Morgan fingerprint density at radius 1 is 1.29 bits per heavy atom. The maximum Gasteiger partial charge on any atom is 0.290 e. The minimum Gasteiger partial charge on any atom is -0.459 e. The number of hydrogen-bond acceptors (Lipinski definition) is 3. The Morgan fingerprint density at radius 2 is 2.05 bits per heavy atom. The number of hydrogen-bond donors (Lipinski definition) is 0. The molecule has 110 valence electrons. The maximum atomic E-state index is 12.5. The summed E-state index contributed by atoms with van der Waals surface area (Å²) in [5, 5.41) is 0.0869. The van der Waals surface area contributed by atoms with E-state index in [4.69, 9.17) is 4.42 Å². The zero-order valence-electron chi connectivity index (χ0n) is 12.3. The molecule has 0 N–H and O–H groups in total. The molecule has 1 atom stereocenters. The lowest BCUT2D eigenvalue weighted by Crippen LogP contribution is -2.30. The Kier molecular flexibility index (Phi) is 4.06. The topological polar surface area (TPSA) is 33.5 Å². The van der Waals surface area contributed by atoms with Gasteiger partial charge in [-0.15, -0.1) is 11.8 Å². The molecule has 1 aliphatic rings. The molecular weight excluding hydrogens is 282 g/mol. The van der Waals surface area contributed by atoms with Gasteiger partial charge in [-0.05, 0) is 29.2 Å². The molecule has 0 saturated carbocycles. The fourth-order valence-electron chi connectivity index (χ4n) is 2.54. The molecule has 1 aliphatic heterocycles. The number of rotatable bonds is 3. The summed E-state index contributed by atoms with van der Waals surface area (Å²) in [6, 6.07) is 12.1. The molecule has 1 amide bonds. The Balaban J connectivity index is 1.82. The average Bonchev–Trinajstić information content (AvgIpc) is 3.18. The van der Waals surface area contributed by atoms with Crippen LogP contribution >= 0.6 is 11.8 Å². The third-order valence-corrected chi connectivity index (χ3v) is 5.03. The second kappa shape index (κ2) is 5.98. The largest absolute Gasteiger partial charge is 0.459 e. The molecule has 3 nitrogen and oxygen atoms in total. The lowest BCUT2D eigenvalue weighted by Gasteiger charge is -2.23. The van der Waals surface area contributed by atoms with Crippen molar-refractivity contribution in [3.8, 4) is 0 Å². The maximum absolute atomic E-state index is 12.5. The number of carbonyl (C=O) groups is 1. The van der Waals surface area contributed by atoms with Crippen LogP contribution in [0.15, 0.2) is 47.1 Å². The molecular formula is C17H19NO2S. The van der Waals surface area contributed by atoms with Crippen molar-refractivity contribution in [2.75, 3.05) is 12.3 Å². The van der Waals surface area contributed by atoms with Crippen LogP contribution in [0, 0.1) is 0 Å².